The average Bonchev–Trinajstić information content (AvgIpc) is 2.92. The predicted octanol–water partition coefficient (Wildman–Crippen LogP) is 1.28. The molecule has 102 valence electrons. The van der Waals surface area contributed by atoms with Gasteiger partial charge in [-0.2, -0.15) is 0 Å². The average molecular weight is 294 g/mol. The van der Waals surface area contributed by atoms with Crippen LogP contribution in [0.2, 0.25) is 5.02 Å². The van der Waals surface area contributed by atoms with Crippen molar-refractivity contribution in [3.63, 3.8) is 0 Å². The molecule has 0 bridgehead atoms. The molecule has 1 aliphatic rings. The Kier molecular flexibility index (Phi) is 2.83. The summed E-state index contributed by atoms with van der Waals surface area (Å²) in [5.74, 6) is -1.08. The van der Waals surface area contributed by atoms with E-state index in [1.807, 2.05) is 5.32 Å². The zero-order valence-corrected chi connectivity index (χ0v) is 10.7. The van der Waals surface area contributed by atoms with Crippen LogP contribution in [-0.2, 0) is 4.79 Å². The van der Waals surface area contributed by atoms with Gasteiger partial charge in [0.1, 0.15) is 12.1 Å². The molecule has 7 nitrogen and oxygen atoms in total. The Morgan fingerprint density at radius 1 is 1.35 bits per heavy atom. The number of hydrazine groups is 1. The van der Waals surface area contributed by atoms with Gasteiger partial charge in [0.2, 0.25) is 5.91 Å². The van der Waals surface area contributed by atoms with E-state index in [4.69, 9.17) is 16.0 Å². The quantitative estimate of drug-likeness (QED) is 0.816. The van der Waals surface area contributed by atoms with E-state index in [1.165, 1.54) is 6.07 Å². The first kappa shape index (κ1) is 12.5. The molecule has 0 radical (unpaired) electrons. The Hall–Kier alpha value is -2.54. The van der Waals surface area contributed by atoms with E-state index in [9.17, 15) is 14.4 Å². The van der Waals surface area contributed by atoms with Crippen LogP contribution < -0.4 is 10.7 Å². The second-order valence-electron chi connectivity index (χ2n) is 4.17. The molecule has 1 aromatic carbocycles. The lowest BCUT2D eigenvalue weighted by Crippen LogP contribution is -2.44. The highest BCUT2D eigenvalue weighted by molar-refractivity contribution is 6.31. The van der Waals surface area contributed by atoms with Crippen molar-refractivity contribution < 1.29 is 18.8 Å². The third kappa shape index (κ3) is 2.19. The number of nitrogens with one attached hydrogen (secondary N) is 2. The molecule has 1 fully saturated rings. The summed E-state index contributed by atoms with van der Waals surface area (Å²) in [6.07, 6.45) is 0. The lowest BCUT2D eigenvalue weighted by atomic mass is 10.2. The number of imide groups is 1. The number of urea groups is 1. The maximum atomic E-state index is 11.9. The van der Waals surface area contributed by atoms with Crippen LogP contribution >= 0.6 is 11.6 Å². The second-order valence-corrected chi connectivity index (χ2v) is 4.61. The topological polar surface area (TPSA) is 91.7 Å². The normalized spacial score (nSPS) is 14.8. The molecule has 0 spiro atoms. The number of carbonyl (C=O) groups excluding carboxylic acids is 3. The maximum Gasteiger partial charge on any atom is 0.343 e. The Labute approximate surface area is 117 Å². The second kappa shape index (κ2) is 4.53. The number of furan rings is 1. The van der Waals surface area contributed by atoms with Crippen LogP contribution in [0.4, 0.5) is 4.79 Å². The van der Waals surface area contributed by atoms with Crippen LogP contribution in [0.25, 0.3) is 11.0 Å². The van der Waals surface area contributed by atoms with E-state index in [0.29, 0.717) is 16.0 Å². The molecular weight excluding hydrogens is 286 g/mol. The Morgan fingerprint density at radius 3 is 2.85 bits per heavy atom. The van der Waals surface area contributed by atoms with Gasteiger partial charge in [-0.05, 0) is 24.3 Å². The van der Waals surface area contributed by atoms with Crippen LogP contribution in [0.3, 0.4) is 0 Å². The van der Waals surface area contributed by atoms with Crippen molar-refractivity contribution >= 4 is 40.4 Å². The maximum absolute atomic E-state index is 11.9. The molecule has 1 aliphatic heterocycles. The smallest absolute Gasteiger partial charge is 0.343 e. The molecule has 0 unspecified atom stereocenters. The molecule has 20 heavy (non-hydrogen) atoms. The highest BCUT2D eigenvalue weighted by atomic mass is 35.5. The van der Waals surface area contributed by atoms with E-state index < -0.39 is 17.8 Å². The van der Waals surface area contributed by atoms with Gasteiger partial charge in [-0.1, -0.05) is 11.6 Å². The molecule has 0 atom stereocenters. The minimum Gasteiger partial charge on any atom is -0.451 e. The van der Waals surface area contributed by atoms with Crippen molar-refractivity contribution in [3.8, 4) is 0 Å². The number of fused-ring (bicyclic) bond motifs is 1. The third-order valence-electron chi connectivity index (χ3n) is 2.73. The largest absolute Gasteiger partial charge is 0.451 e. The van der Waals surface area contributed by atoms with Gasteiger partial charge in [-0.3, -0.25) is 20.3 Å². The lowest BCUT2D eigenvalue weighted by molar-refractivity contribution is -0.118. The first-order valence-electron chi connectivity index (χ1n) is 5.64. The van der Waals surface area contributed by atoms with Crippen molar-refractivity contribution in [3.05, 3.63) is 35.0 Å². The fourth-order valence-electron chi connectivity index (χ4n) is 1.84. The number of rotatable bonds is 2. The SMILES string of the molecule is O=C1CN(NC(=O)c2cc3cc(Cl)ccc3o2)C(=O)N1. The van der Waals surface area contributed by atoms with Gasteiger partial charge in [0.05, 0.1) is 0 Å². The molecule has 3 rings (SSSR count). The molecule has 2 heterocycles. The Morgan fingerprint density at radius 2 is 2.15 bits per heavy atom. The minimum absolute atomic E-state index is 0.0226. The zero-order chi connectivity index (χ0) is 14.3. The number of carbonyl (C=O) groups is 3. The number of benzene rings is 1. The Bertz CT molecular complexity index is 739. The summed E-state index contributed by atoms with van der Waals surface area (Å²) >= 11 is 5.84. The van der Waals surface area contributed by atoms with E-state index in [1.54, 1.807) is 18.2 Å². The molecule has 2 N–H and O–H groups in total. The molecular formula is C12H8ClN3O4. The van der Waals surface area contributed by atoms with Gasteiger partial charge in [0, 0.05) is 10.4 Å². The first-order valence-corrected chi connectivity index (χ1v) is 6.02. The highest BCUT2D eigenvalue weighted by Crippen LogP contribution is 2.23. The van der Waals surface area contributed by atoms with Crippen molar-refractivity contribution in [1.82, 2.24) is 15.8 Å². The van der Waals surface area contributed by atoms with Crippen molar-refractivity contribution in [2.75, 3.05) is 6.54 Å². The number of hydrogen-bond donors (Lipinski definition) is 2. The van der Waals surface area contributed by atoms with Crippen LogP contribution in [0.1, 0.15) is 10.6 Å². The fraction of sp³-hybridized carbons (Fsp3) is 0.0833. The summed E-state index contributed by atoms with van der Waals surface area (Å²) in [6, 6.07) is 5.76. The van der Waals surface area contributed by atoms with Gasteiger partial charge in [0.15, 0.2) is 5.76 Å². The summed E-state index contributed by atoms with van der Waals surface area (Å²) in [7, 11) is 0. The van der Waals surface area contributed by atoms with Gasteiger partial charge >= 0.3 is 11.9 Å². The monoisotopic (exact) mass is 293 g/mol. The van der Waals surface area contributed by atoms with E-state index >= 15 is 0 Å². The number of amides is 4. The van der Waals surface area contributed by atoms with Crippen LogP contribution in [0.15, 0.2) is 28.7 Å². The van der Waals surface area contributed by atoms with E-state index in [-0.39, 0.29) is 12.3 Å². The molecule has 8 heteroatoms. The zero-order valence-electron chi connectivity index (χ0n) is 9.97. The van der Waals surface area contributed by atoms with Gasteiger partial charge in [-0.15, -0.1) is 0 Å². The van der Waals surface area contributed by atoms with E-state index in [0.717, 1.165) is 5.01 Å². The van der Waals surface area contributed by atoms with Crippen molar-refractivity contribution in [2.45, 2.75) is 0 Å². The standard InChI is InChI=1S/C12H8ClN3O4/c13-7-1-2-8-6(3-7)4-9(20-8)11(18)15-16-5-10(17)14-12(16)19/h1-4H,5H2,(H,15,18)(H,14,17,19). The van der Waals surface area contributed by atoms with Crippen LogP contribution in [-0.4, -0.2) is 29.4 Å². The van der Waals surface area contributed by atoms with Gasteiger partial charge < -0.3 is 4.42 Å². The number of halogens is 1. The lowest BCUT2D eigenvalue weighted by Gasteiger charge is -2.12. The predicted molar refractivity (Wildman–Crippen MR) is 68.9 cm³/mol. The molecule has 1 saturated heterocycles. The first-order chi connectivity index (χ1) is 9.52. The molecule has 2 aromatic rings. The van der Waals surface area contributed by atoms with E-state index in [2.05, 4.69) is 5.43 Å². The summed E-state index contributed by atoms with van der Waals surface area (Å²) in [4.78, 5) is 34.2. The highest BCUT2D eigenvalue weighted by Gasteiger charge is 2.29. The third-order valence-corrected chi connectivity index (χ3v) is 2.97. The number of nitrogens with zero attached hydrogens (tertiary/aromatic N) is 1. The fourth-order valence-corrected chi connectivity index (χ4v) is 2.02. The van der Waals surface area contributed by atoms with Crippen LogP contribution in [0.5, 0.6) is 0 Å². The van der Waals surface area contributed by atoms with Gasteiger partial charge in [-0.25, -0.2) is 9.80 Å². The summed E-state index contributed by atoms with van der Waals surface area (Å²) in [5, 5.41) is 4.12. The summed E-state index contributed by atoms with van der Waals surface area (Å²) < 4.78 is 5.34. The number of hydrogen-bond acceptors (Lipinski definition) is 4. The minimum atomic E-state index is -0.678. The summed E-state index contributed by atoms with van der Waals surface area (Å²) in [5.41, 5.74) is 2.79. The van der Waals surface area contributed by atoms with Crippen molar-refractivity contribution in [2.24, 2.45) is 0 Å². The summed E-state index contributed by atoms with van der Waals surface area (Å²) in [6.45, 7) is -0.226. The van der Waals surface area contributed by atoms with Crippen molar-refractivity contribution in [1.29, 1.82) is 0 Å². The molecule has 0 saturated carbocycles. The molecule has 1 aromatic heterocycles. The van der Waals surface area contributed by atoms with Gasteiger partial charge in [0.25, 0.3) is 0 Å². The van der Waals surface area contributed by atoms with Crippen LogP contribution in [0, 0.1) is 0 Å². The molecule has 0 aliphatic carbocycles. The Balaban J connectivity index is 1.82. The molecule has 4 amide bonds.